The molecule has 1 unspecified atom stereocenters. The van der Waals surface area contributed by atoms with Crippen LogP contribution >= 0.6 is 0 Å². The lowest BCUT2D eigenvalue weighted by molar-refractivity contribution is 0.0934. The summed E-state index contributed by atoms with van der Waals surface area (Å²) in [5, 5.41) is 14.1. The molecule has 0 fully saturated rings. The maximum Gasteiger partial charge on any atom is 0.269 e. The van der Waals surface area contributed by atoms with Crippen molar-refractivity contribution in [3.63, 3.8) is 0 Å². The molecule has 6 nitrogen and oxygen atoms in total. The molecule has 1 aromatic carbocycles. The highest BCUT2D eigenvalue weighted by Gasteiger charge is 2.16. The average Bonchev–Trinajstić information content (AvgIpc) is 3.25. The number of benzene rings is 1. The summed E-state index contributed by atoms with van der Waals surface area (Å²) in [6, 6.07) is 9.25. The predicted octanol–water partition coefficient (Wildman–Crippen LogP) is 2.92. The molecule has 0 radical (unpaired) electrons. The lowest BCUT2D eigenvalue weighted by atomic mass is 10.1. The van der Waals surface area contributed by atoms with E-state index >= 15 is 0 Å². The van der Waals surface area contributed by atoms with Crippen molar-refractivity contribution in [2.24, 2.45) is 0 Å². The van der Waals surface area contributed by atoms with Gasteiger partial charge in [0, 0.05) is 18.3 Å². The van der Waals surface area contributed by atoms with Crippen LogP contribution in [0.3, 0.4) is 0 Å². The second-order valence-electron chi connectivity index (χ2n) is 5.47. The summed E-state index contributed by atoms with van der Waals surface area (Å²) in [7, 11) is 0. The molecule has 2 heterocycles. The Labute approximate surface area is 138 Å². The van der Waals surface area contributed by atoms with Crippen molar-refractivity contribution in [1.29, 1.82) is 0 Å². The highest BCUT2D eigenvalue weighted by molar-refractivity contribution is 5.93. The van der Waals surface area contributed by atoms with Gasteiger partial charge in [0.25, 0.3) is 5.91 Å². The second kappa shape index (κ2) is 6.66. The third kappa shape index (κ3) is 3.34. The number of H-pyrrole nitrogens is 1. The highest BCUT2D eigenvalue weighted by Crippen LogP contribution is 2.18. The number of halogens is 1. The van der Waals surface area contributed by atoms with Gasteiger partial charge in [0.15, 0.2) is 0 Å². The van der Waals surface area contributed by atoms with Gasteiger partial charge in [0.1, 0.15) is 11.5 Å². The molecule has 0 saturated heterocycles. The lowest BCUT2D eigenvalue weighted by Crippen LogP contribution is -2.27. The molecule has 2 aromatic heterocycles. The molecule has 124 valence electrons. The normalized spacial score (nSPS) is 12.1. The third-order valence-electron chi connectivity index (χ3n) is 3.74. The first-order chi connectivity index (χ1) is 11.6. The Kier molecular flexibility index (Phi) is 4.41. The van der Waals surface area contributed by atoms with E-state index in [1.54, 1.807) is 22.9 Å². The van der Waals surface area contributed by atoms with E-state index in [1.807, 2.05) is 26.1 Å². The third-order valence-corrected chi connectivity index (χ3v) is 3.74. The highest BCUT2D eigenvalue weighted by atomic mass is 19.1. The van der Waals surface area contributed by atoms with Crippen LogP contribution in [0.1, 0.15) is 36.1 Å². The largest absolute Gasteiger partial charge is 0.343 e. The fourth-order valence-corrected chi connectivity index (χ4v) is 2.34. The zero-order chi connectivity index (χ0) is 17.1. The molecule has 0 aliphatic rings. The topological polar surface area (TPSA) is 75.6 Å². The van der Waals surface area contributed by atoms with Crippen LogP contribution in [0.25, 0.3) is 11.3 Å². The molecule has 3 aromatic rings. The number of carbonyl (C=O) groups is 1. The summed E-state index contributed by atoms with van der Waals surface area (Å²) < 4.78 is 14.8. The summed E-state index contributed by atoms with van der Waals surface area (Å²) in [4.78, 5) is 12.3. The van der Waals surface area contributed by atoms with E-state index in [0.717, 1.165) is 17.8 Å². The molecule has 3 rings (SSSR count). The maximum absolute atomic E-state index is 13.0. The maximum atomic E-state index is 13.0. The van der Waals surface area contributed by atoms with Crippen LogP contribution in [0.5, 0.6) is 0 Å². The van der Waals surface area contributed by atoms with Crippen molar-refractivity contribution in [1.82, 2.24) is 25.3 Å². The van der Waals surface area contributed by atoms with Crippen LogP contribution < -0.4 is 5.32 Å². The number of hydrogen-bond donors (Lipinski definition) is 2. The molecule has 0 aliphatic heterocycles. The number of aromatic amines is 1. The van der Waals surface area contributed by atoms with Crippen molar-refractivity contribution in [2.75, 3.05) is 0 Å². The fraction of sp³-hybridized carbons (Fsp3) is 0.235. The SMILES string of the molecule is CCn1ccc(C(C)NC(=O)c2cc(-c3ccc(F)cc3)n[nH]2)n1. The summed E-state index contributed by atoms with van der Waals surface area (Å²) in [6.45, 7) is 4.65. The number of nitrogens with one attached hydrogen (secondary N) is 2. The number of aromatic nitrogens is 4. The predicted molar refractivity (Wildman–Crippen MR) is 87.8 cm³/mol. The van der Waals surface area contributed by atoms with Gasteiger partial charge in [-0.3, -0.25) is 14.6 Å². The van der Waals surface area contributed by atoms with Gasteiger partial charge in [-0.25, -0.2) is 4.39 Å². The van der Waals surface area contributed by atoms with Gasteiger partial charge in [-0.2, -0.15) is 10.2 Å². The van der Waals surface area contributed by atoms with Crippen LogP contribution in [0.2, 0.25) is 0 Å². The first-order valence-corrected chi connectivity index (χ1v) is 7.72. The standard InChI is InChI=1S/C17H18FN5O/c1-3-23-9-8-14(22-23)11(2)19-17(24)16-10-15(20-21-16)12-4-6-13(18)7-5-12/h4-11H,3H2,1-2H3,(H,19,24)(H,20,21). The molecule has 0 saturated carbocycles. The Morgan fingerprint density at radius 1 is 1.33 bits per heavy atom. The van der Waals surface area contributed by atoms with Crippen LogP contribution in [0.15, 0.2) is 42.6 Å². The molecule has 24 heavy (non-hydrogen) atoms. The Hall–Kier alpha value is -2.96. The number of nitrogens with zero attached hydrogens (tertiary/aromatic N) is 3. The number of aryl methyl sites for hydroxylation is 1. The minimum Gasteiger partial charge on any atom is -0.343 e. The summed E-state index contributed by atoms with van der Waals surface area (Å²) >= 11 is 0. The Morgan fingerprint density at radius 2 is 2.08 bits per heavy atom. The lowest BCUT2D eigenvalue weighted by Gasteiger charge is -2.10. The Balaban J connectivity index is 1.70. The Bertz CT molecular complexity index is 837. The van der Waals surface area contributed by atoms with E-state index in [2.05, 4.69) is 20.6 Å². The summed E-state index contributed by atoms with van der Waals surface area (Å²) in [5.74, 6) is -0.581. The van der Waals surface area contributed by atoms with Gasteiger partial charge in [-0.1, -0.05) is 0 Å². The van der Waals surface area contributed by atoms with Crippen LogP contribution in [-0.2, 0) is 6.54 Å². The van der Waals surface area contributed by atoms with Crippen LogP contribution in [0.4, 0.5) is 4.39 Å². The van der Waals surface area contributed by atoms with Crippen LogP contribution in [-0.4, -0.2) is 25.9 Å². The van der Waals surface area contributed by atoms with E-state index < -0.39 is 0 Å². The molecular weight excluding hydrogens is 309 g/mol. The van der Waals surface area contributed by atoms with E-state index in [0.29, 0.717) is 11.4 Å². The number of hydrogen-bond acceptors (Lipinski definition) is 3. The average molecular weight is 327 g/mol. The molecular formula is C17H18FN5O. The summed E-state index contributed by atoms with van der Waals surface area (Å²) in [6.07, 6.45) is 1.88. The number of amides is 1. The van der Waals surface area contributed by atoms with Crippen molar-refractivity contribution in [3.05, 3.63) is 59.8 Å². The molecule has 1 atom stereocenters. The zero-order valence-corrected chi connectivity index (χ0v) is 13.5. The summed E-state index contributed by atoms with van der Waals surface area (Å²) in [5.41, 5.74) is 2.46. The van der Waals surface area contributed by atoms with Gasteiger partial charge < -0.3 is 5.32 Å². The number of carbonyl (C=O) groups excluding carboxylic acids is 1. The Morgan fingerprint density at radius 3 is 2.75 bits per heavy atom. The monoisotopic (exact) mass is 327 g/mol. The molecule has 0 aliphatic carbocycles. The molecule has 7 heteroatoms. The molecule has 2 N–H and O–H groups in total. The minimum absolute atomic E-state index is 0.220. The molecule has 0 bridgehead atoms. The molecule has 1 amide bonds. The second-order valence-corrected chi connectivity index (χ2v) is 5.47. The number of rotatable bonds is 5. The van der Waals surface area contributed by atoms with E-state index in [9.17, 15) is 9.18 Å². The minimum atomic E-state index is -0.312. The van der Waals surface area contributed by atoms with Gasteiger partial charge >= 0.3 is 0 Å². The smallest absolute Gasteiger partial charge is 0.269 e. The van der Waals surface area contributed by atoms with E-state index in [-0.39, 0.29) is 17.8 Å². The van der Waals surface area contributed by atoms with Gasteiger partial charge in [-0.05, 0) is 50.2 Å². The quantitative estimate of drug-likeness (QED) is 0.756. The van der Waals surface area contributed by atoms with Gasteiger partial charge in [0.05, 0.1) is 17.4 Å². The van der Waals surface area contributed by atoms with Crippen molar-refractivity contribution >= 4 is 5.91 Å². The van der Waals surface area contributed by atoms with E-state index in [4.69, 9.17) is 0 Å². The zero-order valence-electron chi connectivity index (χ0n) is 13.5. The first-order valence-electron chi connectivity index (χ1n) is 7.72. The van der Waals surface area contributed by atoms with Crippen LogP contribution in [0, 0.1) is 5.82 Å². The molecule has 0 spiro atoms. The van der Waals surface area contributed by atoms with Crippen molar-refractivity contribution < 1.29 is 9.18 Å². The fourth-order valence-electron chi connectivity index (χ4n) is 2.34. The van der Waals surface area contributed by atoms with E-state index in [1.165, 1.54) is 12.1 Å². The first kappa shape index (κ1) is 15.9. The van der Waals surface area contributed by atoms with Crippen molar-refractivity contribution in [3.8, 4) is 11.3 Å². The van der Waals surface area contributed by atoms with Gasteiger partial charge in [0.2, 0.25) is 0 Å². The van der Waals surface area contributed by atoms with Crippen molar-refractivity contribution in [2.45, 2.75) is 26.4 Å². The van der Waals surface area contributed by atoms with Gasteiger partial charge in [-0.15, -0.1) is 0 Å².